The van der Waals surface area contributed by atoms with Crippen LogP contribution in [0.5, 0.6) is 0 Å². The lowest BCUT2D eigenvalue weighted by Gasteiger charge is -2.00. The Kier molecular flexibility index (Phi) is 2.24. The lowest BCUT2D eigenvalue weighted by Crippen LogP contribution is -2.02. The zero-order valence-corrected chi connectivity index (χ0v) is 8.45. The Hall–Kier alpha value is -0.280. The van der Waals surface area contributed by atoms with Crippen LogP contribution >= 0.6 is 11.8 Å². The van der Waals surface area contributed by atoms with Gasteiger partial charge in [-0.15, -0.1) is 11.8 Å². The standard InChI is InChI=1S/C9H10OS2/c1-2-9-11-7-5-3-4-6-8(7)12(9)10/h3-6,9H,2H2,1H3/t9-,12+/m1/s1. The SMILES string of the molecule is CC[C@@H]1Sc2ccccc2[S@@]1=O. The number of hydrogen-bond acceptors (Lipinski definition) is 2. The molecule has 3 heteroatoms. The maximum absolute atomic E-state index is 11.7. The molecule has 1 aromatic carbocycles. The van der Waals surface area contributed by atoms with Gasteiger partial charge in [0.25, 0.3) is 0 Å². The normalized spacial score (nSPS) is 27.1. The van der Waals surface area contributed by atoms with Gasteiger partial charge in [0.1, 0.15) is 0 Å². The van der Waals surface area contributed by atoms with Crippen molar-refractivity contribution < 1.29 is 4.21 Å². The molecule has 1 aliphatic heterocycles. The zero-order valence-electron chi connectivity index (χ0n) is 6.82. The summed E-state index contributed by atoms with van der Waals surface area (Å²) < 4.78 is 12.0. The largest absolute Gasteiger partial charge is 0.253 e. The summed E-state index contributed by atoms with van der Waals surface area (Å²) in [5, 5.41) is 0. The fourth-order valence-electron chi connectivity index (χ4n) is 1.28. The number of fused-ring (bicyclic) bond motifs is 1. The third-order valence-electron chi connectivity index (χ3n) is 1.90. The first-order chi connectivity index (χ1) is 5.83. The van der Waals surface area contributed by atoms with Crippen LogP contribution in [0.3, 0.4) is 0 Å². The highest BCUT2D eigenvalue weighted by atomic mass is 32.2. The molecule has 64 valence electrons. The highest BCUT2D eigenvalue weighted by Crippen LogP contribution is 2.41. The van der Waals surface area contributed by atoms with Gasteiger partial charge in [-0.25, -0.2) is 0 Å². The van der Waals surface area contributed by atoms with Crippen molar-refractivity contribution in [3.8, 4) is 0 Å². The van der Waals surface area contributed by atoms with Gasteiger partial charge in [0.05, 0.1) is 20.3 Å². The smallest absolute Gasteiger partial charge is 0.0893 e. The Morgan fingerprint density at radius 1 is 1.50 bits per heavy atom. The van der Waals surface area contributed by atoms with Crippen LogP contribution in [0.4, 0.5) is 0 Å². The van der Waals surface area contributed by atoms with Crippen molar-refractivity contribution in [3.63, 3.8) is 0 Å². The van der Waals surface area contributed by atoms with E-state index in [0.29, 0.717) is 0 Å². The second kappa shape index (κ2) is 3.23. The topological polar surface area (TPSA) is 17.1 Å². The minimum absolute atomic E-state index is 0.280. The number of hydrogen-bond donors (Lipinski definition) is 0. The third-order valence-corrected chi connectivity index (χ3v) is 5.65. The molecule has 0 amide bonds. The van der Waals surface area contributed by atoms with Crippen molar-refractivity contribution in [2.45, 2.75) is 27.7 Å². The van der Waals surface area contributed by atoms with E-state index in [-0.39, 0.29) is 4.58 Å². The highest BCUT2D eigenvalue weighted by Gasteiger charge is 2.27. The molecular formula is C9H10OS2. The molecule has 0 saturated carbocycles. The van der Waals surface area contributed by atoms with Gasteiger partial charge >= 0.3 is 0 Å². The highest BCUT2D eigenvalue weighted by molar-refractivity contribution is 8.13. The molecule has 1 heterocycles. The van der Waals surface area contributed by atoms with Gasteiger partial charge < -0.3 is 0 Å². The molecule has 0 bridgehead atoms. The first-order valence-electron chi connectivity index (χ1n) is 3.99. The van der Waals surface area contributed by atoms with Gasteiger partial charge in [-0.1, -0.05) is 19.1 Å². The molecule has 0 aromatic heterocycles. The van der Waals surface area contributed by atoms with E-state index in [1.165, 1.54) is 4.90 Å². The molecule has 1 aliphatic rings. The second-order valence-electron chi connectivity index (χ2n) is 2.70. The van der Waals surface area contributed by atoms with E-state index in [1.807, 2.05) is 24.3 Å². The Labute approximate surface area is 79.0 Å². The van der Waals surface area contributed by atoms with E-state index < -0.39 is 10.8 Å². The van der Waals surface area contributed by atoms with Gasteiger partial charge in [0, 0.05) is 4.90 Å². The minimum atomic E-state index is -0.773. The molecule has 0 N–H and O–H groups in total. The quantitative estimate of drug-likeness (QED) is 0.690. The predicted molar refractivity (Wildman–Crippen MR) is 52.8 cm³/mol. The van der Waals surface area contributed by atoms with E-state index in [9.17, 15) is 4.21 Å². The molecule has 0 radical (unpaired) electrons. The summed E-state index contributed by atoms with van der Waals surface area (Å²) in [4.78, 5) is 2.22. The predicted octanol–water partition coefficient (Wildman–Crippen LogP) is 2.64. The number of rotatable bonds is 1. The summed E-state index contributed by atoms with van der Waals surface area (Å²) in [6, 6.07) is 7.97. The van der Waals surface area contributed by atoms with Gasteiger partial charge in [0.15, 0.2) is 0 Å². The first kappa shape index (κ1) is 8.32. The first-order valence-corrected chi connectivity index (χ1v) is 6.08. The van der Waals surface area contributed by atoms with E-state index in [4.69, 9.17) is 0 Å². The Morgan fingerprint density at radius 3 is 2.92 bits per heavy atom. The number of thioether (sulfide) groups is 1. The average molecular weight is 198 g/mol. The Morgan fingerprint density at radius 2 is 2.25 bits per heavy atom. The maximum atomic E-state index is 11.7. The molecule has 0 fully saturated rings. The summed E-state index contributed by atoms with van der Waals surface area (Å²) in [6.07, 6.45) is 0.978. The van der Waals surface area contributed by atoms with Gasteiger partial charge in [0.2, 0.25) is 0 Å². The van der Waals surface area contributed by atoms with Crippen LogP contribution in [0.2, 0.25) is 0 Å². The van der Waals surface area contributed by atoms with Crippen LogP contribution in [0.25, 0.3) is 0 Å². The third kappa shape index (κ3) is 1.21. The van der Waals surface area contributed by atoms with Crippen LogP contribution in [-0.4, -0.2) is 8.79 Å². The van der Waals surface area contributed by atoms with Gasteiger partial charge in [-0.2, -0.15) is 0 Å². The monoisotopic (exact) mass is 198 g/mol. The van der Waals surface area contributed by atoms with Crippen molar-refractivity contribution >= 4 is 22.6 Å². The summed E-state index contributed by atoms with van der Waals surface area (Å²) in [5.41, 5.74) is 0. The summed E-state index contributed by atoms with van der Waals surface area (Å²) in [5.74, 6) is 0. The molecule has 0 aliphatic carbocycles. The molecule has 12 heavy (non-hydrogen) atoms. The Bertz CT molecular complexity index is 322. The molecule has 0 saturated heterocycles. The summed E-state index contributed by atoms with van der Waals surface area (Å²) in [6.45, 7) is 2.08. The van der Waals surface area contributed by atoms with Crippen molar-refractivity contribution in [1.82, 2.24) is 0 Å². The zero-order chi connectivity index (χ0) is 8.55. The lowest BCUT2D eigenvalue weighted by atomic mass is 10.4. The van der Waals surface area contributed by atoms with Crippen molar-refractivity contribution in [2.24, 2.45) is 0 Å². The minimum Gasteiger partial charge on any atom is -0.253 e. The van der Waals surface area contributed by atoms with E-state index >= 15 is 0 Å². The van der Waals surface area contributed by atoms with E-state index in [0.717, 1.165) is 11.3 Å². The van der Waals surface area contributed by atoms with Crippen LogP contribution in [0.15, 0.2) is 34.1 Å². The molecule has 1 aromatic rings. The van der Waals surface area contributed by atoms with Crippen LogP contribution in [0.1, 0.15) is 13.3 Å². The van der Waals surface area contributed by atoms with Gasteiger partial charge in [-0.3, -0.25) is 4.21 Å². The number of benzene rings is 1. The van der Waals surface area contributed by atoms with Crippen LogP contribution in [0, 0.1) is 0 Å². The fourth-order valence-corrected chi connectivity index (χ4v) is 4.49. The Balaban J connectivity index is 2.42. The van der Waals surface area contributed by atoms with E-state index in [1.54, 1.807) is 11.8 Å². The van der Waals surface area contributed by atoms with Gasteiger partial charge in [-0.05, 0) is 18.6 Å². The lowest BCUT2D eigenvalue weighted by molar-refractivity contribution is 0.680. The summed E-state index contributed by atoms with van der Waals surface area (Å²) in [7, 11) is -0.773. The molecular weight excluding hydrogens is 188 g/mol. The van der Waals surface area contributed by atoms with Crippen molar-refractivity contribution in [1.29, 1.82) is 0 Å². The maximum Gasteiger partial charge on any atom is 0.0893 e. The molecule has 2 rings (SSSR count). The molecule has 1 nitrogen and oxygen atoms in total. The molecule has 2 atom stereocenters. The molecule has 0 unspecified atom stereocenters. The van der Waals surface area contributed by atoms with Crippen LogP contribution in [-0.2, 0) is 10.8 Å². The fraction of sp³-hybridized carbons (Fsp3) is 0.333. The average Bonchev–Trinajstić information content (AvgIpc) is 2.44. The molecule has 0 spiro atoms. The second-order valence-corrected chi connectivity index (χ2v) is 5.85. The van der Waals surface area contributed by atoms with Crippen molar-refractivity contribution in [2.75, 3.05) is 0 Å². The van der Waals surface area contributed by atoms with Crippen molar-refractivity contribution in [3.05, 3.63) is 24.3 Å². The van der Waals surface area contributed by atoms with Crippen LogP contribution < -0.4 is 0 Å². The summed E-state index contributed by atoms with van der Waals surface area (Å²) >= 11 is 1.74. The van der Waals surface area contributed by atoms with E-state index in [2.05, 4.69) is 6.92 Å².